The molecule has 2 amide bonds. The van der Waals surface area contributed by atoms with E-state index in [4.69, 9.17) is 25.8 Å². The molecule has 2 heterocycles. The van der Waals surface area contributed by atoms with Crippen molar-refractivity contribution >= 4 is 39.9 Å². The van der Waals surface area contributed by atoms with Crippen LogP contribution < -0.4 is 24.4 Å². The molecule has 1 N–H and O–H groups in total. The molecule has 1 aliphatic rings. The first-order chi connectivity index (χ1) is 17.1. The summed E-state index contributed by atoms with van der Waals surface area (Å²) < 4.78 is 17.1. The molecule has 0 unspecified atom stereocenters. The van der Waals surface area contributed by atoms with E-state index in [9.17, 15) is 4.79 Å². The molecule has 35 heavy (non-hydrogen) atoms. The number of hydrogen-bond donors (Lipinski definition) is 1. The lowest BCUT2D eigenvalue weighted by Gasteiger charge is -2.30. The second-order valence-corrected chi connectivity index (χ2v) is 8.50. The number of fused-ring (bicyclic) bond motifs is 2. The molecule has 0 spiro atoms. The van der Waals surface area contributed by atoms with Gasteiger partial charge < -0.3 is 19.5 Å². The van der Waals surface area contributed by atoms with Gasteiger partial charge in [0.15, 0.2) is 11.5 Å². The van der Waals surface area contributed by atoms with Crippen LogP contribution in [-0.2, 0) is 6.42 Å². The maximum Gasteiger partial charge on any atom is 0.326 e. The number of carbonyl (C=O) groups is 1. The van der Waals surface area contributed by atoms with Gasteiger partial charge in [0.05, 0.1) is 30.4 Å². The van der Waals surface area contributed by atoms with Crippen LogP contribution in [0.5, 0.6) is 23.0 Å². The third-order valence-electron chi connectivity index (χ3n) is 5.96. The van der Waals surface area contributed by atoms with Crippen LogP contribution in [0.15, 0.2) is 66.9 Å². The Morgan fingerprint density at radius 1 is 1.00 bits per heavy atom. The lowest BCUT2D eigenvalue weighted by molar-refractivity contribution is 0.256. The molecule has 0 saturated carbocycles. The van der Waals surface area contributed by atoms with E-state index in [0.717, 1.165) is 35.0 Å². The molecule has 3 aromatic carbocycles. The third-order valence-corrected chi connectivity index (χ3v) is 6.29. The van der Waals surface area contributed by atoms with E-state index >= 15 is 0 Å². The molecule has 7 nitrogen and oxygen atoms in total. The third kappa shape index (κ3) is 4.55. The Bertz CT molecular complexity index is 1410. The van der Waals surface area contributed by atoms with E-state index < -0.39 is 0 Å². The number of carbonyl (C=O) groups excluding carboxylic acids is 1. The smallest absolute Gasteiger partial charge is 0.326 e. The van der Waals surface area contributed by atoms with Gasteiger partial charge in [0.25, 0.3) is 0 Å². The molecule has 0 radical (unpaired) electrons. The Balaban J connectivity index is 1.42. The number of nitrogens with one attached hydrogen (secondary N) is 1. The summed E-state index contributed by atoms with van der Waals surface area (Å²) in [7, 11) is 3.19. The van der Waals surface area contributed by atoms with Crippen LogP contribution in [0, 0.1) is 0 Å². The van der Waals surface area contributed by atoms with Crippen molar-refractivity contribution in [1.82, 2.24) is 4.98 Å². The van der Waals surface area contributed by atoms with Gasteiger partial charge in [0, 0.05) is 29.9 Å². The van der Waals surface area contributed by atoms with E-state index in [-0.39, 0.29) is 6.03 Å². The minimum atomic E-state index is -0.214. The zero-order valence-electron chi connectivity index (χ0n) is 19.4. The first kappa shape index (κ1) is 22.8. The van der Waals surface area contributed by atoms with E-state index in [2.05, 4.69) is 10.3 Å². The quantitative estimate of drug-likeness (QED) is 0.338. The number of ether oxygens (including phenoxy) is 3. The van der Waals surface area contributed by atoms with Crippen molar-refractivity contribution in [3.63, 3.8) is 0 Å². The van der Waals surface area contributed by atoms with Gasteiger partial charge in [-0.2, -0.15) is 0 Å². The minimum Gasteiger partial charge on any atom is -0.493 e. The number of nitrogens with zero attached hydrogens (tertiary/aromatic N) is 2. The number of methoxy groups -OCH3 is 2. The van der Waals surface area contributed by atoms with Crippen molar-refractivity contribution in [1.29, 1.82) is 0 Å². The highest BCUT2D eigenvalue weighted by molar-refractivity contribution is 6.33. The molecule has 0 bridgehead atoms. The summed E-state index contributed by atoms with van der Waals surface area (Å²) >= 11 is 6.21. The molecule has 1 aromatic heterocycles. The lowest BCUT2D eigenvalue weighted by Crippen LogP contribution is -2.38. The van der Waals surface area contributed by atoms with Gasteiger partial charge in [-0.05, 0) is 60.9 Å². The second-order valence-electron chi connectivity index (χ2n) is 8.09. The molecule has 0 fully saturated rings. The fourth-order valence-corrected chi connectivity index (χ4v) is 4.44. The minimum absolute atomic E-state index is 0.214. The number of aromatic nitrogens is 1. The van der Waals surface area contributed by atoms with Gasteiger partial charge in [-0.3, -0.25) is 9.88 Å². The fourth-order valence-electron chi connectivity index (χ4n) is 4.26. The number of aryl methyl sites for hydroxylation is 1. The molecule has 5 rings (SSSR count). The number of halogens is 1. The number of anilines is 2. The van der Waals surface area contributed by atoms with Crippen LogP contribution in [0.3, 0.4) is 0 Å². The number of para-hydroxylation sites is 1. The van der Waals surface area contributed by atoms with Crippen molar-refractivity contribution < 1.29 is 19.0 Å². The van der Waals surface area contributed by atoms with Crippen LogP contribution >= 0.6 is 11.6 Å². The highest BCUT2D eigenvalue weighted by Gasteiger charge is 2.24. The van der Waals surface area contributed by atoms with E-state index in [1.165, 1.54) is 0 Å². The highest BCUT2D eigenvalue weighted by atomic mass is 35.5. The highest BCUT2D eigenvalue weighted by Crippen LogP contribution is 2.38. The molecule has 8 heteroatoms. The normalized spacial score (nSPS) is 12.7. The largest absolute Gasteiger partial charge is 0.493 e. The molecule has 178 valence electrons. The van der Waals surface area contributed by atoms with Crippen LogP contribution in [0.4, 0.5) is 16.2 Å². The number of hydrogen-bond acceptors (Lipinski definition) is 5. The van der Waals surface area contributed by atoms with Gasteiger partial charge in [-0.25, -0.2) is 4.79 Å². The molecular formula is C27H24ClN3O4. The predicted octanol–water partition coefficient (Wildman–Crippen LogP) is 6.68. The summed E-state index contributed by atoms with van der Waals surface area (Å²) in [5, 5.41) is 4.22. The van der Waals surface area contributed by atoms with Crippen LogP contribution in [0.2, 0.25) is 5.02 Å². The molecule has 1 aliphatic heterocycles. The summed E-state index contributed by atoms with van der Waals surface area (Å²) in [6.45, 7) is 0.625. The van der Waals surface area contributed by atoms with E-state index in [0.29, 0.717) is 40.3 Å². The van der Waals surface area contributed by atoms with Crippen molar-refractivity contribution in [3.8, 4) is 23.0 Å². The topological polar surface area (TPSA) is 72.9 Å². The molecule has 4 aromatic rings. The van der Waals surface area contributed by atoms with Crippen molar-refractivity contribution in [3.05, 3.63) is 77.4 Å². The van der Waals surface area contributed by atoms with Crippen molar-refractivity contribution in [2.75, 3.05) is 31.0 Å². The number of amides is 2. The van der Waals surface area contributed by atoms with Gasteiger partial charge >= 0.3 is 6.03 Å². The van der Waals surface area contributed by atoms with Crippen LogP contribution in [-0.4, -0.2) is 31.8 Å². The van der Waals surface area contributed by atoms with Gasteiger partial charge in [-0.15, -0.1) is 0 Å². The number of rotatable bonds is 5. The molecule has 0 atom stereocenters. The van der Waals surface area contributed by atoms with E-state index in [1.807, 2.05) is 48.5 Å². The second kappa shape index (κ2) is 9.72. The Morgan fingerprint density at radius 3 is 2.60 bits per heavy atom. The standard InChI is InChI=1S/C27H24ClN3O4/c1-33-25-15-19-22(16-26(25)34-2)29-12-11-24(19)35-18-9-10-23-17(14-18)6-5-13-31(23)27(32)30-21-8-4-3-7-20(21)28/h3-4,7-12,14-16H,5-6,13H2,1-2H3,(H,30,32). The average molecular weight is 490 g/mol. The van der Waals surface area contributed by atoms with E-state index in [1.54, 1.807) is 37.4 Å². The number of benzene rings is 3. The Kier molecular flexibility index (Phi) is 6.33. The Morgan fingerprint density at radius 2 is 1.80 bits per heavy atom. The number of pyridine rings is 1. The lowest BCUT2D eigenvalue weighted by atomic mass is 10.0. The molecule has 0 saturated heterocycles. The Labute approximate surface area is 208 Å². The Hall–Kier alpha value is -3.97. The summed E-state index contributed by atoms with van der Waals surface area (Å²) in [6, 6.07) is 18.3. The van der Waals surface area contributed by atoms with Gasteiger partial charge in [0.2, 0.25) is 0 Å². The summed E-state index contributed by atoms with van der Waals surface area (Å²) in [5.74, 6) is 2.54. The predicted molar refractivity (Wildman–Crippen MR) is 138 cm³/mol. The van der Waals surface area contributed by atoms with Crippen LogP contribution in [0.1, 0.15) is 12.0 Å². The first-order valence-corrected chi connectivity index (χ1v) is 11.6. The maximum atomic E-state index is 13.0. The SMILES string of the molecule is COc1cc2nccc(Oc3ccc4c(c3)CCCN4C(=O)Nc3ccccc3Cl)c2cc1OC. The fraction of sp³-hybridized carbons (Fsp3) is 0.185. The monoisotopic (exact) mass is 489 g/mol. The van der Waals surface area contributed by atoms with Gasteiger partial charge in [-0.1, -0.05) is 23.7 Å². The number of urea groups is 1. The van der Waals surface area contributed by atoms with Crippen LogP contribution in [0.25, 0.3) is 10.9 Å². The zero-order chi connectivity index (χ0) is 24.4. The zero-order valence-corrected chi connectivity index (χ0v) is 20.1. The summed E-state index contributed by atoms with van der Waals surface area (Å²) in [5.41, 5.74) is 3.23. The van der Waals surface area contributed by atoms with Gasteiger partial charge in [0.1, 0.15) is 11.5 Å². The molecule has 0 aliphatic carbocycles. The summed E-state index contributed by atoms with van der Waals surface area (Å²) in [6.07, 6.45) is 3.40. The molecular weight excluding hydrogens is 466 g/mol. The summed E-state index contributed by atoms with van der Waals surface area (Å²) in [4.78, 5) is 19.2. The van der Waals surface area contributed by atoms with Crippen molar-refractivity contribution in [2.45, 2.75) is 12.8 Å². The maximum absolute atomic E-state index is 13.0. The van der Waals surface area contributed by atoms with Crippen molar-refractivity contribution in [2.24, 2.45) is 0 Å². The average Bonchev–Trinajstić information content (AvgIpc) is 2.88. The first-order valence-electron chi connectivity index (χ1n) is 11.2.